The lowest BCUT2D eigenvalue weighted by Gasteiger charge is -2.51. The van der Waals surface area contributed by atoms with E-state index in [1.54, 1.807) is 32.8 Å². The van der Waals surface area contributed by atoms with E-state index >= 15 is 0 Å². The van der Waals surface area contributed by atoms with Gasteiger partial charge >= 0.3 is 5.97 Å². The van der Waals surface area contributed by atoms with Gasteiger partial charge in [-0.1, -0.05) is 30.3 Å². The number of aliphatic hydroxyl groups excluding tert-OH is 1. The van der Waals surface area contributed by atoms with Crippen molar-refractivity contribution in [3.63, 3.8) is 0 Å². The maximum atomic E-state index is 14.1. The molecule has 3 aliphatic rings. The number of hydrogen-bond acceptors (Lipinski definition) is 6. The fourth-order valence-corrected chi connectivity index (χ4v) is 9.83. The third-order valence-corrected chi connectivity index (χ3v) is 12.2. The van der Waals surface area contributed by atoms with Gasteiger partial charge in [0.25, 0.3) is 5.24 Å². The number of amides is 3. The number of rotatable bonds is 5. The first-order valence-electron chi connectivity index (χ1n) is 11.5. The molecule has 0 aliphatic carbocycles. The number of aliphatic hydroxyl groups is 1. The Bertz CT molecular complexity index is 1000. The molecule has 3 fully saturated rings. The maximum absolute atomic E-state index is 14.1. The van der Waals surface area contributed by atoms with E-state index in [0.29, 0.717) is 19.4 Å². The number of likely N-dealkylation sites (tertiary alicyclic amines) is 1. The summed E-state index contributed by atoms with van der Waals surface area (Å²) < 4.78 is 4.57. The van der Waals surface area contributed by atoms with E-state index in [-0.39, 0.29) is 30.1 Å². The number of fused-ring (bicyclic) bond motifs is 1. The summed E-state index contributed by atoms with van der Waals surface area (Å²) >= 11 is 0. The Morgan fingerprint density at radius 2 is 1.88 bits per heavy atom. The molecule has 34 heavy (non-hydrogen) atoms. The van der Waals surface area contributed by atoms with Gasteiger partial charge in [-0.15, -0.1) is 10.0 Å². The Morgan fingerprint density at radius 1 is 1.21 bits per heavy atom. The molecule has 9 nitrogen and oxygen atoms in total. The van der Waals surface area contributed by atoms with E-state index < -0.39 is 44.1 Å². The molecule has 0 bridgehead atoms. The highest BCUT2D eigenvalue weighted by molar-refractivity contribution is 8.46. The van der Waals surface area contributed by atoms with Gasteiger partial charge < -0.3 is 24.5 Å². The monoisotopic (exact) mass is 491 g/mol. The Hall–Kier alpha value is -2.59. The molecule has 0 saturated carbocycles. The maximum Gasteiger partial charge on any atom is 0.330 e. The SMILES string of the molecule is CN(C)C(=O)[C@@H]1CCCN1C(=O)[S@]1(CO)[C@@H]2CC(=O)N2[C@@H](C(=O)OCc2ccccc2)C1(C)C. The Labute approximate surface area is 201 Å². The third-order valence-electron chi connectivity index (χ3n) is 7.46. The zero-order valence-corrected chi connectivity index (χ0v) is 20.9. The first-order valence-corrected chi connectivity index (χ1v) is 13.4. The van der Waals surface area contributed by atoms with Crippen molar-refractivity contribution in [3.8, 4) is 0 Å². The second-order valence-electron chi connectivity index (χ2n) is 9.83. The second kappa shape index (κ2) is 8.88. The molecule has 3 aliphatic heterocycles. The van der Waals surface area contributed by atoms with Crippen molar-refractivity contribution < 1.29 is 29.0 Å². The number of β-lactam (4-membered cyclic amide) rings is 1. The van der Waals surface area contributed by atoms with Crippen LogP contribution in [0, 0.1) is 0 Å². The molecule has 186 valence electrons. The molecule has 10 heteroatoms. The summed E-state index contributed by atoms with van der Waals surface area (Å²) in [6.07, 6.45) is 1.35. The van der Waals surface area contributed by atoms with Crippen LogP contribution >= 0.6 is 10.0 Å². The molecule has 0 radical (unpaired) electrons. The van der Waals surface area contributed by atoms with Crippen molar-refractivity contribution in [1.82, 2.24) is 14.7 Å². The summed E-state index contributed by atoms with van der Waals surface area (Å²) in [6, 6.07) is 7.67. The second-order valence-corrected chi connectivity index (χ2v) is 13.6. The van der Waals surface area contributed by atoms with Crippen molar-refractivity contribution in [3.05, 3.63) is 35.9 Å². The smallest absolute Gasteiger partial charge is 0.330 e. The van der Waals surface area contributed by atoms with Crippen LogP contribution in [0.3, 0.4) is 0 Å². The van der Waals surface area contributed by atoms with Crippen LogP contribution in [0.1, 0.15) is 38.7 Å². The summed E-state index contributed by atoms with van der Waals surface area (Å²) in [5, 5.41) is 9.90. The molecule has 3 saturated heterocycles. The molecule has 0 spiro atoms. The molecule has 4 atom stereocenters. The number of likely N-dealkylation sites (N-methyl/N-ethyl adjacent to an activating group) is 1. The first kappa shape index (κ1) is 24.5. The first-order chi connectivity index (χ1) is 16.1. The molecule has 1 aromatic rings. The topological polar surface area (TPSA) is 107 Å². The van der Waals surface area contributed by atoms with Gasteiger partial charge in [0.15, 0.2) is 0 Å². The van der Waals surface area contributed by atoms with Crippen molar-refractivity contribution >= 4 is 33.1 Å². The molecule has 3 amide bonds. The lowest BCUT2D eigenvalue weighted by atomic mass is 9.98. The van der Waals surface area contributed by atoms with Crippen LogP contribution in [-0.2, 0) is 25.7 Å². The van der Waals surface area contributed by atoms with E-state index in [2.05, 4.69) is 0 Å². The van der Waals surface area contributed by atoms with Crippen LogP contribution in [0.15, 0.2) is 30.3 Å². The van der Waals surface area contributed by atoms with Gasteiger partial charge in [-0.3, -0.25) is 14.4 Å². The van der Waals surface area contributed by atoms with E-state index in [9.17, 15) is 24.3 Å². The van der Waals surface area contributed by atoms with E-state index in [1.807, 2.05) is 30.3 Å². The number of esters is 1. The van der Waals surface area contributed by atoms with Crippen LogP contribution in [0.2, 0.25) is 0 Å². The third kappa shape index (κ3) is 3.50. The van der Waals surface area contributed by atoms with Crippen molar-refractivity contribution in [2.45, 2.75) is 61.9 Å². The lowest BCUT2D eigenvalue weighted by molar-refractivity contribution is -0.162. The zero-order valence-electron chi connectivity index (χ0n) is 20.1. The summed E-state index contributed by atoms with van der Waals surface area (Å²) in [7, 11) is 0.704. The fraction of sp³-hybridized carbons (Fsp3) is 0.583. The zero-order chi connectivity index (χ0) is 24.8. The van der Waals surface area contributed by atoms with E-state index in [0.717, 1.165) is 5.56 Å². The van der Waals surface area contributed by atoms with Crippen LogP contribution in [0.5, 0.6) is 0 Å². The normalized spacial score (nSPS) is 29.4. The van der Waals surface area contributed by atoms with Crippen LogP contribution in [-0.4, -0.2) is 91.6 Å². The highest BCUT2D eigenvalue weighted by Gasteiger charge is 2.72. The molecule has 1 N–H and O–H groups in total. The van der Waals surface area contributed by atoms with Gasteiger partial charge in [0.2, 0.25) is 11.8 Å². The highest BCUT2D eigenvalue weighted by atomic mass is 32.3. The minimum Gasteiger partial charge on any atom is -0.459 e. The Morgan fingerprint density at radius 3 is 2.47 bits per heavy atom. The van der Waals surface area contributed by atoms with Crippen LogP contribution in [0.25, 0.3) is 0 Å². The summed E-state index contributed by atoms with van der Waals surface area (Å²) in [4.78, 5) is 57.4. The fourth-order valence-electron chi connectivity index (χ4n) is 5.54. The standard InChI is InChI=1S/C24H33N3O6S/c1-24(2)20(22(31)33-14-16-9-6-5-7-10-16)27-18(29)13-19(27)34(24,15-28)23(32)26-12-8-11-17(26)21(30)25(3)4/h5-7,9-10,17,19-20,28H,8,11-15H2,1-4H3/t17-,19+,20-/m0/s1. The van der Waals surface area contributed by atoms with Crippen LogP contribution < -0.4 is 0 Å². The Kier molecular flexibility index (Phi) is 6.41. The molecular formula is C24H33N3O6S. The van der Waals surface area contributed by atoms with Gasteiger partial charge in [0, 0.05) is 25.4 Å². The summed E-state index contributed by atoms with van der Waals surface area (Å²) in [5.41, 5.74) is 0.817. The summed E-state index contributed by atoms with van der Waals surface area (Å²) in [6.45, 7) is 4.02. The number of nitrogens with zero attached hydrogens (tertiary/aromatic N) is 3. The molecule has 3 heterocycles. The van der Waals surface area contributed by atoms with Crippen LogP contribution in [0.4, 0.5) is 4.79 Å². The van der Waals surface area contributed by atoms with Crippen molar-refractivity contribution in [2.75, 3.05) is 26.6 Å². The predicted molar refractivity (Wildman–Crippen MR) is 128 cm³/mol. The van der Waals surface area contributed by atoms with Gasteiger partial charge in [0.1, 0.15) is 18.7 Å². The van der Waals surface area contributed by atoms with Gasteiger partial charge in [-0.25, -0.2) is 4.79 Å². The van der Waals surface area contributed by atoms with Crippen molar-refractivity contribution in [1.29, 1.82) is 0 Å². The lowest BCUT2D eigenvalue weighted by Crippen LogP contribution is -2.57. The molecular weight excluding hydrogens is 458 g/mol. The number of hydrogen-bond donors (Lipinski definition) is 1. The molecule has 0 aromatic heterocycles. The van der Waals surface area contributed by atoms with Gasteiger partial charge in [0.05, 0.1) is 17.7 Å². The largest absolute Gasteiger partial charge is 0.459 e. The predicted octanol–water partition coefficient (Wildman–Crippen LogP) is 1.88. The number of carbonyl (C=O) groups is 4. The highest BCUT2D eigenvalue weighted by Crippen LogP contribution is 2.74. The number of benzene rings is 1. The van der Waals surface area contributed by atoms with Gasteiger partial charge in [-0.2, -0.15) is 0 Å². The van der Waals surface area contributed by atoms with E-state index in [1.165, 1.54) is 9.80 Å². The molecule has 1 aromatic carbocycles. The minimum atomic E-state index is -2.61. The number of carbonyl (C=O) groups excluding carboxylic acids is 4. The number of ether oxygens (including phenoxy) is 1. The average molecular weight is 492 g/mol. The van der Waals surface area contributed by atoms with Gasteiger partial charge in [-0.05, 0) is 32.3 Å². The molecule has 4 rings (SSSR count). The molecule has 0 unspecified atom stereocenters. The minimum absolute atomic E-state index is 0.0554. The average Bonchev–Trinajstić information content (AvgIpc) is 3.35. The summed E-state index contributed by atoms with van der Waals surface area (Å²) in [5.74, 6) is -1.41. The van der Waals surface area contributed by atoms with Crippen molar-refractivity contribution in [2.24, 2.45) is 0 Å². The van der Waals surface area contributed by atoms with E-state index in [4.69, 9.17) is 4.74 Å². The quantitative estimate of drug-likeness (QED) is 0.498. The Balaban J connectivity index is 1.65.